The highest BCUT2D eigenvalue weighted by atomic mass is 35.5. The Morgan fingerprint density at radius 1 is 0.872 bits per heavy atom. The van der Waals surface area contributed by atoms with Gasteiger partial charge in [-0.25, -0.2) is 4.39 Å². The molecule has 0 aliphatic heterocycles. The zero-order valence-corrected chi connectivity index (χ0v) is 22.9. The number of hydrogen-bond donors (Lipinski definition) is 2. The Bertz CT molecular complexity index is 1410. The maximum atomic E-state index is 13.6. The number of ether oxygens (including phenoxy) is 2. The number of carbonyl (C=O) groups excluding carboxylic acids is 1. The first-order chi connectivity index (χ1) is 18.9. The van der Waals surface area contributed by atoms with Crippen molar-refractivity contribution in [1.82, 2.24) is 10.6 Å². The second-order valence-corrected chi connectivity index (χ2v) is 9.62. The summed E-state index contributed by atoms with van der Waals surface area (Å²) in [5.74, 6) is 0.791. The molecule has 0 saturated carbocycles. The van der Waals surface area contributed by atoms with Crippen LogP contribution < -0.4 is 20.1 Å². The monoisotopic (exact) mass is 546 g/mol. The first kappa shape index (κ1) is 28.1. The van der Waals surface area contributed by atoms with Gasteiger partial charge in [-0.05, 0) is 52.9 Å². The van der Waals surface area contributed by atoms with E-state index in [1.807, 2.05) is 42.5 Å². The van der Waals surface area contributed by atoms with Gasteiger partial charge in [-0.1, -0.05) is 72.3 Å². The van der Waals surface area contributed by atoms with Gasteiger partial charge < -0.3 is 20.1 Å². The van der Waals surface area contributed by atoms with Gasteiger partial charge >= 0.3 is 0 Å². The van der Waals surface area contributed by atoms with Crippen molar-refractivity contribution in [3.8, 4) is 22.6 Å². The van der Waals surface area contributed by atoms with E-state index in [-0.39, 0.29) is 17.5 Å². The minimum Gasteiger partial charge on any atom is -0.489 e. The summed E-state index contributed by atoms with van der Waals surface area (Å²) in [7, 11) is 0. The minimum atomic E-state index is -0.466. The number of carbonyl (C=O) groups is 1. The van der Waals surface area contributed by atoms with Gasteiger partial charge in [-0.3, -0.25) is 4.79 Å². The average molecular weight is 547 g/mol. The van der Waals surface area contributed by atoms with Gasteiger partial charge in [-0.15, -0.1) is 0 Å². The van der Waals surface area contributed by atoms with E-state index in [1.165, 1.54) is 29.7 Å². The maximum absolute atomic E-state index is 13.6. The lowest BCUT2D eigenvalue weighted by atomic mass is 9.97. The third kappa shape index (κ3) is 8.06. The molecule has 4 rings (SSSR count). The summed E-state index contributed by atoms with van der Waals surface area (Å²) >= 11 is 5.94. The molecule has 4 aromatic rings. The van der Waals surface area contributed by atoms with Crippen LogP contribution in [0.25, 0.3) is 11.1 Å². The molecule has 0 heterocycles. The maximum Gasteiger partial charge on any atom is 0.216 e. The first-order valence-corrected chi connectivity index (χ1v) is 13.2. The topological polar surface area (TPSA) is 59.6 Å². The summed E-state index contributed by atoms with van der Waals surface area (Å²) in [5.41, 5.74) is 6.31. The quantitative estimate of drug-likeness (QED) is 0.191. The number of benzene rings is 4. The van der Waals surface area contributed by atoms with Crippen molar-refractivity contribution in [1.29, 1.82) is 0 Å². The highest BCUT2D eigenvalue weighted by Gasteiger charge is 2.11. The molecule has 0 aromatic heterocycles. The smallest absolute Gasteiger partial charge is 0.216 e. The Morgan fingerprint density at radius 3 is 2.46 bits per heavy atom. The number of halogens is 2. The molecule has 0 radical (unpaired) electrons. The summed E-state index contributed by atoms with van der Waals surface area (Å²) in [5, 5.41) is 6.14. The second-order valence-electron chi connectivity index (χ2n) is 9.21. The van der Waals surface area contributed by atoms with E-state index in [0.717, 1.165) is 16.7 Å². The van der Waals surface area contributed by atoms with Gasteiger partial charge in [-0.2, -0.15) is 0 Å². The van der Waals surface area contributed by atoms with Crippen molar-refractivity contribution >= 4 is 17.5 Å². The zero-order chi connectivity index (χ0) is 27.6. The third-order valence-corrected chi connectivity index (χ3v) is 6.62. The van der Waals surface area contributed by atoms with E-state index >= 15 is 0 Å². The van der Waals surface area contributed by atoms with Crippen molar-refractivity contribution in [2.45, 2.75) is 33.6 Å². The van der Waals surface area contributed by atoms with Gasteiger partial charge in [0.15, 0.2) is 0 Å². The lowest BCUT2D eigenvalue weighted by Gasteiger charge is -2.16. The van der Waals surface area contributed by atoms with Crippen LogP contribution in [0.5, 0.6) is 11.5 Å². The molecule has 0 fully saturated rings. The molecule has 5 nitrogen and oxygen atoms in total. The Balaban J connectivity index is 1.48. The van der Waals surface area contributed by atoms with Crippen LogP contribution in [0.1, 0.15) is 29.2 Å². The van der Waals surface area contributed by atoms with E-state index in [4.69, 9.17) is 21.1 Å². The number of nitrogens with one attached hydrogen (secondary N) is 2. The third-order valence-electron chi connectivity index (χ3n) is 6.33. The standard InChI is InChI=1S/C32H32ClFN2O3/c1-22-27(9-6-10-29(22)25-7-4-3-5-8-25)21-38-28-13-12-26(19-35-15-16-36-23(2)37)32(18-28)39-20-24-11-14-31(34)30(33)17-24/h3-14,17-18,35H,15-16,19-21H2,1-2H3,(H,36,37). The SMILES string of the molecule is CC(=O)NCCNCc1ccc(OCc2cccc(-c3ccccc3)c2C)cc1OCc1ccc(F)c(Cl)c1. The first-order valence-electron chi connectivity index (χ1n) is 12.8. The molecule has 0 spiro atoms. The van der Waals surface area contributed by atoms with E-state index in [1.54, 1.807) is 12.1 Å². The second kappa shape index (κ2) is 13.8. The van der Waals surface area contributed by atoms with Gasteiger partial charge in [0.25, 0.3) is 0 Å². The molecule has 0 unspecified atom stereocenters. The predicted octanol–water partition coefficient (Wildman–Crippen LogP) is 6.84. The van der Waals surface area contributed by atoms with Crippen molar-refractivity contribution in [2.75, 3.05) is 13.1 Å². The fourth-order valence-electron chi connectivity index (χ4n) is 4.18. The van der Waals surface area contributed by atoms with Crippen LogP contribution in [0, 0.1) is 12.7 Å². The lowest BCUT2D eigenvalue weighted by molar-refractivity contribution is -0.118. The number of hydrogen-bond acceptors (Lipinski definition) is 4. The van der Waals surface area contributed by atoms with E-state index < -0.39 is 5.82 Å². The van der Waals surface area contributed by atoms with Crippen molar-refractivity contribution in [2.24, 2.45) is 0 Å². The summed E-state index contributed by atoms with van der Waals surface area (Å²) in [6.45, 7) is 5.92. The van der Waals surface area contributed by atoms with Gasteiger partial charge in [0, 0.05) is 38.2 Å². The van der Waals surface area contributed by atoms with Gasteiger partial charge in [0.1, 0.15) is 30.5 Å². The van der Waals surface area contributed by atoms with Crippen LogP contribution in [-0.4, -0.2) is 19.0 Å². The van der Waals surface area contributed by atoms with Gasteiger partial charge in [0.05, 0.1) is 5.02 Å². The molecule has 0 saturated heterocycles. The number of amides is 1. The molecule has 39 heavy (non-hydrogen) atoms. The summed E-state index contributed by atoms with van der Waals surface area (Å²) < 4.78 is 25.9. The molecule has 0 aliphatic rings. The molecule has 1 amide bonds. The largest absolute Gasteiger partial charge is 0.489 e. The Morgan fingerprint density at radius 2 is 1.69 bits per heavy atom. The highest BCUT2D eigenvalue weighted by molar-refractivity contribution is 6.30. The lowest BCUT2D eigenvalue weighted by Crippen LogP contribution is -2.30. The molecule has 0 atom stereocenters. The van der Waals surface area contributed by atoms with E-state index in [9.17, 15) is 9.18 Å². The normalized spacial score (nSPS) is 10.8. The molecular formula is C32H32ClFN2O3. The van der Waals surface area contributed by atoms with Crippen LogP contribution in [0.15, 0.2) is 84.9 Å². The summed E-state index contributed by atoms with van der Waals surface area (Å²) in [6.07, 6.45) is 0. The van der Waals surface area contributed by atoms with Crippen molar-refractivity contribution in [3.63, 3.8) is 0 Å². The Labute approximate surface area is 233 Å². The summed E-state index contributed by atoms with van der Waals surface area (Å²) in [4.78, 5) is 11.1. The molecule has 202 valence electrons. The van der Waals surface area contributed by atoms with Crippen LogP contribution in [0.4, 0.5) is 4.39 Å². The zero-order valence-electron chi connectivity index (χ0n) is 22.1. The predicted molar refractivity (Wildman–Crippen MR) is 154 cm³/mol. The van der Waals surface area contributed by atoms with E-state index in [0.29, 0.717) is 37.7 Å². The molecule has 4 aromatic carbocycles. The molecule has 2 N–H and O–H groups in total. The van der Waals surface area contributed by atoms with E-state index in [2.05, 4.69) is 41.8 Å². The molecular weight excluding hydrogens is 515 g/mol. The van der Waals surface area contributed by atoms with Gasteiger partial charge in [0.2, 0.25) is 5.91 Å². The van der Waals surface area contributed by atoms with Crippen molar-refractivity contribution < 1.29 is 18.7 Å². The molecule has 0 bridgehead atoms. The fourth-order valence-corrected chi connectivity index (χ4v) is 4.38. The Hall–Kier alpha value is -3.87. The van der Waals surface area contributed by atoms with Crippen molar-refractivity contribution in [3.05, 3.63) is 118 Å². The van der Waals surface area contributed by atoms with Crippen LogP contribution in [-0.2, 0) is 24.6 Å². The number of rotatable bonds is 12. The van der Waals surface area contributed by atoms with Crippen LogP contribution in [0.3, 0.4) is 0 Å². The molecule has 0 aliphatic carbocycles. The summed E-state index contributed by atoms with van der Waals surface area (Å²) in [6, 6.07) is 26.8. The molecule has 7 heteroatoms. The Kier molecular flexibility index (Phi) is 9.95. The highest BCUT2D eigenvalue weighted by Crippen LogP contribution is 2.29. The average Bonchev–Trinajstić information content (AvgIpc) is 2.94. The fraction of sp³-hybridized carbons (Fsp3) is 0.219. The van der Waals surface area contributed by atoms with Crippen LogP contribution >= 0.6 is 11.6 Å². The minimum absolute atomic E-state index is 0.0566. The van der Waals surface area contributed by atoms with Crippen LogP contribution in [0.2, 0.25) is 5.02 Å².